The van der Waals surface area contributed by atoms with Crippen molar-refractivity contribution in [2.45, 2.75) is 26.8 Å². The Morgan fingerprint density at radius 3 is 2.88 bits per heavy atom. The van der Waals surface area contributed by atoms with Gasteiger partial charge >= 0.3 is 0 Å². The zero-order valence-electron chi connectivity index (χ0n) is 14.8. The minimum absolute atomic E-state index is 0.295. The first-order chi connectivity index (χ1) is 11.7. The molecule has 24 heavy (non-hydrogen) atoms. The fraction of sp³-hybridized carbons (Fsp3) is 0.611. The Hall–Kier alpha value is -1.82. The van der Waals surface area contributed by atoms with E-state index in [4.69, 9.17) is 9.47 Å². The van der Waals surface area contributed by atoms with Gasteiger partial charge in [-0.25, -0.2) is 4.39 Å². The lowest BCUT2D eigenvalue weighted by Crippen LogP contribution is -2.39. The third kappa shape index (κ3) is 5.09. The van der Waals surface area contributed by atoms with Crippen LogP contribution in [0.1, 0.15) is 25.8 Å². The number of rotatable bonds is 7. The van der Waals surface area contributed by atoms with Gasteiger partial charge in [0.05, 0.1) is 13.2 Å². The highest BCUT2D eigenvalue weighted by atomic mass is 19.1. The highest BCUT2D eigenvalue weighted by Gasteiger charge is 2.24. The summed E-state index contributed by atoms with van der Waals surface area (Å²) in [5.41, 5.74) is 0.863. The summed E-state index contributed by atoms with van der Waals surface area (Å²) >= 11 is 0. The topological polar surface area (TPSA) is 46.1 Å². The van der Waals surface area contributed by atoms with Gasteiger partial charge < -0.3 is 19.7 Å². The van der Waals surface area contributed by atoms with E-state index in [1.54, 1.807) is 13.1 Å². The smallest absolute Gasteiger partial charge is 0.193 e. The number of hydrogen-bond acceptors (Lipinski definition) is 3. The normalized spacial score (nSPS) is 18.1. The van der Waals surface area contributed by atoms with E-state index in [9.17, 15) is 4.39 Å². The third-order valence-corrected chi connectivity index (χ3v) is 4.10. The zero-order chi connectivity index (χ0) is 17.4. The van der Waals surface area contributed by atoms with Gasteiger partial charge in [0.2, 0.25) is 0 Å². The summed E-state index contributed by atoms with van der Waals surface area (Å²) in [4.78, 5) is 6.57. The largest absolute Gasteiger partial charge is 0.491 e. The average molecular weight is 337 g/mol. The fourth-order valence-corrected chi connectivity index (χ4v) is 2.89. The van der Waals surface area contributed by atoms with Crippen molar-refractivity contribution < 1.29 is 13.9 Å². The molecule has 1 aromatic rings. The number of benzene rings is 1. The molecular weight excluding hydrogens is 309 g/mol. The van der Waals surface area contributed by atoms with Crippen molar-refractivity contribution in [1.82, 2.24) is 10.2 Å². The van der Waals surface area contributed by atoms with Crippen molar-refractivity contribution in [2.24, 2.45) is 10.9 Å². The monoisotopic (exact) mass is 337 g/mol. The van der Waals surface area contributed by atoms with E-state index < -0.39 is 0 Å². The van der Waals surface area contributed by atoms with Gasteiger partial charge in [-0.1, -0.05) is 6.07 Å². The summed E-state index contributed by atoms with van der Waals surface area (Å²) in [5, 5.41) is 3.31. The molecule has 0 aromatic heterocycles. The molecule has 1 heterocycles. The Bertz CT molecular complexity index is 551. The lowest BCUT2D eigenvalue weighted by molar-refractivity contribution is 0.114. The number of nitrogens with zero attached hydrogens (tertiary/aromatic N) is 2. The Kier molecular flexibility index (Phi) is 7.31. The second-order valence-electron chi connectivity index (χ2n) is 5.86. The van der Waals surface area contributed by atoms with Crippen LogP contribution in [0.4, 0.5) is 4.39 Å². The predicted octanol–water partition coefficient (Wildman–Crippen LogP) is 2.66. The first-order valence-corrected chi connectivity index (χ1v) is 8.62. The molecule has 0 aliphatic carbocycles. The summed E-state index contributed by atoms with van der Waals surface area (Å²) in [5.74, 6) is 1.36. The van der Waals surface area contributed by atoms with Crippen molar-refractivity contribution in [2.75, 3.05) is 40.0 Å². The summed E-state index contributed by atoms with van der Waals surface area (Å²) in [6, 6.07) is 5.05. The molecule has 0 spiro atoms. The lowest BCUT2D eigenvalue weighted by atomic mass is 10.1. The maximum absolute atomic E-state index is 13.9. The molecule has 6 heteroatoms. The Morgan fingerprint density at radius 1 is 1.38 bits per heavy atom. The molecule has 2 rings (SSSR count). The molecule has 1 N–H and O–H groups in total. The van der Waals surface area contributed by atoms with Gasteiger partial charge in [-0.05, 0) is 38.0 Å². The molecule has 1 fully saturated rings. The van der Waals surface area contributed by atoms with Gasteiger partial charge in [-0.15, -0.1) is 0 Å². The molecular formula is C18H28FN3O2. The van der Waals surface area contributed by atoms with Crippen molar-refractivity contribution in [3.8, 4) is 5.75 Å². The van der Waals surface area contributed by atoms with E-state index >= 15 is 0 Å². The van der Waals surface area contributed by atoms with Crippen molar-refractivity contribution in [1.29, 1.82) is 0 Å². The van der Waals surface area contributed by atoms with Crippen LogP contribution >= 0.6 is 0 Å². The van der Waals surface area contributed by atoms with Gasteiger partial charge in [0, 0.05) is 39.2 Å². The number of likely N-dealkylation sites (tertiary alicyclic amines) is 1. The van der Waals surface area contributed by atoms with Crippen LogP contribution < -0.4 is 10.1 Å². The van der Waals surface area contributed by atoms with Crippen molar-refractivity contribution in [3.63, 3.8) is 0 Å². The van der Waals surface area contributed by atoms with Gasteiger partial charge in [-0.2, -0.15) is 0 Å². The van der Waals surface area contributed by atoms with Gasteiger partial charge in [0.1, 0.15) is 0 Å². The van der Waals surface area contributed by atoms with Crippen LogP contribution in [-0.4, -0.2) is 50.8 Å². The van der Waals surface area contributed by atoms with E-state index in [1.165, 1.54) is 6.07 Å². The Labute approximate surface area is 143 Å². The van der Waals surface area contributed by atoms with Crippen molar-refractivity contribution in [3.05, 3.63) is 29.6 Å². The average Bonchev–Trinajstić information content (AvgIpc) is 3.05. The standard InChI is InChI=1S/C18H28FN3O2/c1-4-23-13-15-8-9-22(12-15)18(20-3)21-11-14-6-7-17(24-5-2)16(19)10-14/h6-7,10,15H,4-5,8-9,11-13H2,1-3H3,(H,20,21). The summed E-state index contributed by atoms with van der Waals surface area (Å²) < 4.78 is 24.6. The highest BCUT2D eigenvalue weighted by molar-refractivity contribution is 5.80. The van der Waals surface area contributed by atoms with Gasteiger partial charge in [-0.3, -0.25) is 4.99 Å². The fourth-order valence-electron chi connectivity index (χ4n) is 2.89. The van der Waals surface area contributed by atoms with Crippen LogP contribution in [-0.2, 0) is 11.3 Å². The molecule has 0 bridgehead atoms. The van der Waals surface area contributed by atoms with Crippen molar-refractivity contribution >= 4 is 5.96 Å². The summed E-state index contributed by atoms with van der Waals surface area (Å²) in [6.07, 6.45) is 1.11. The van der Waals surface area contributed by atoms with Crippen LogP contribution in [0, 0.1) is 11.7 Å². The number of hydrogen-bond donors (Lipinski definition) is 1. The third-order valence-electron chi connectivity index (χ3n) is 4.10. The van der Waals surface area contributed by atoms with Crippen LogP contribution in [0.25, 0.3) is 0 Å². The first kappa shape index (κ1) is 18.5. The highest BCUT2D eigenvalue weighted by Crippen LogP contribution is 2.19. The molecule has 5 nitrogen and oxygen atoms in total. The molecule has 134 valence electrons. The Morgan fingerprint density at radius 2 is 2.21 bits per heavy atom. The molecule has 1 aromatic carbocycles. The molecule has 0 radical (unpaired) electrons. The number of ether oxygens (including phenoxy) is 2. The van der Waals surface area contributed by atoms with E-state index in [1.807, 2.05) is 19.9 Å². The number of guanidine groups is 1. The quantitative estimate of drug-likeness (QED) is 0.614. The van der Waals surface area contributed by atoms with Gasteiger partial charge in [0.15, 0.2) is 17.5 Å². The minimum atomic E-state index is -0.330. The van der Waals surface area contributed by atoms with Crippen LogP contribution in [0.3, 0.4) is 0 Å². The maximum Gasteiger partial charge on any atom is 0.193 e. The zero-order valence-corrected chi connectivity index (χ0v) is 14.8. The first-order valence-electron chi connectivity index (χ1n) is 8.62. The van der Waals surface area contributed by atoms with E-state index in [0.717, 1.165) is 44.2 Å². The molecule has 1 saturated heterocycles. The van der Waals surface area contributed by atoms with Crippen LogP contribution in [0.2, 0.25) is 0 Å². The maximum atomic E-state index is 13.9. The lowest BCUT2D eigenvalue weighted by Gasteiger charge is -2.22. The SMILES string of the molecule is CCOCC1CCN(C(=NC)NCc2ccc(OCC)c(F)c2)C1. The van der Waals surface area contributed by atoms with E-state index in [0.29, 0.717) is 24.8 Å². The second kappa shape index (κ2) is 9.47. The predicted molar refractivity (Wildman–Crippen MR) is 93.9 cm³/mol. The van der Waals surface area contributed by atoms with Gasteiger partial charge in [0.25, 0.3) is 0 Å². The van der Waals surface area contributed by atoms with E-state index in [-0.39, 0.29) is 5.82 Å². The molecule has 1 aliphatic rings. The molecule has 1 unspecified atom stereocenters. The summed E-state index contributed by atoms with van der Waals surface area (Å²) in [6.45, 7) is 8.31. The Balaban J connectivity index is 1.87. The number of aliphatic imine (C=N–C) groups is 1. The minimum Gasteiger partial charge on any atom is -0.491 e. The summed E-state index contributed by atoms with van der Waals surface area (Å²) in [7, 11) is 1.77. The molecule has 1 atom stereocenters. The number of halogens is 1. The van der Waals surface area contributed by atoms with E-state index in [2.05, 4.69) is 15.2 Å². The van der Waals surface area contributed by atoms with Crippen LogP contribution in [0.15, 0.2) is 23.2 Å². The second-order valence-corrected chi connectivity index (χ2v) is 5.86. The van der Waals surface area contributed by atoms with Crippen LogP contribution in [0.5, 0.6) is 5.75 Å². The molecule has 1 aliphatic heterocycles. The molecule has 0 saturated carbocycles. The number of nitrogens with one attached hydrogen (secondary N) is 1. The molecule has 0 amide bonds.